The zero-order valence-corrected chi connectivity index (χ0v) is 13.8. The fraction of sp³-hybridized carbons (Fsp3) is 0.375. The Labute approximate surface area is 136 Å². The molecule has 22 heavy (non-hydrogen) atoms. The van der Waals surface area contributed by atoms with Gasteiger partial charge in [0.2, 0.25) is 5.91 Å². The molecule has 0 spiro atoms. The van der Waals surface area contributed by atoms with Crippen molar-refractivity contribution in [2.24, 2.45) is 0 Å². The highest BCUT2D eigenvalue weighted by atomic mass is 32.1. The molecular weight excluding hydrogens is 298 g/mol. The van der Waals surface area contributed by atoms with Crippen molar-refractivity contribution >= 4 is 29.3 Å². The summed E-state index contributed by atoms with van der Waals surface area (Å²) in [6, 6.07) is 7.50. The van der Waals surface area contributed by atoms with E-state index in [0.29, 0.717) is 5.11 Å². The molecule has 1 aromatic rings. The van der Waals surface area contributed by atoms with Gasteiger partial charge in [0.05, 0.1) is 40.3 Å². The molecule has 2 rings (SSSR count). The number of benzene rings is 1. The van der Waals surface area contributed by atoms with Crippen LogP contribution >= 0.6 is 12.2 Å². The molecule has 1 aliphatic heterocycles. The number of methoxy groups -OCH3 is 1. The molecular formula is C16H22N3O2S+. The van der Waals surface area contributed by atoms with Crippen molar-refractivity contribution in [3.63, 3.8) is 0 Å². The lowest BCUT2D eigenvalue weighted by molar-refractivity contribution is -0.883. The topological polar surface area (TPSA) is 46.0 Å². The van der Waals surface area contributed by atoms with Crippen LogP contribution in [-0.2, 0) is 4.79 Å². The summed E-state index contributed by atoms with van der Waals surface area (Å²) >= 11 is 5.29. The van der Waals surface area contributed by atoms with Gasteiger partial charge in [-0.05, 0) is 36.0 Å². The molecule has 0 unspecified atom stereocenters. The van der Waals surface area contributed by atoms with Gasteiger partial charge in [0.15, 0.2) is 5.11 Å². The van der Waals surface area contributed by atoms with E-state index in [0.717, 1.165) is 37.5 Å². The van der Waals surface area contributed by atoms with Crippen molar-refractivity contribution in [3.05, 3.63) is 35.9 Å². The highest BCUT2D eigenvalue weighted by Gasteiger charge is 2.19. The molecule has 2 N–H and O–H groups in total. The van der Waals surface area contributed by atoms with Crippen LogP contribution in [0.2, 0.25) is 0 Å². The minimum absolute atomic E-state index is 0.202. The van der Waals surface area contributed by atoms with E-state index < -0.39 is 0 Å². The molecule has 1 amide bonds. The van der Waals surface area contributed by atoms with Crippen molar-refractivity contribution in [1.29, 1.82) is 0 Å². The Balaban J connectivity index is 1.83. The summed E-state index contributed by atoms with van der Waals surface area (Å²) in [5.74, 6) is 0.590. The Bertz CT molecular complexity index is 549. The SMILES string of the molecule is COc1ccc(/C=C/C(=O)NC(=S)N2CC[NH+](C)CC2)cc1. The van der Waals surface area contributed by atoms with Crippen LogP contribution in [0.25, 0.3) is 6.08 Å². The number of quaternary nitrogens is 1. The lowest BCUT2D eigenvalue weighted by Gasteiger charge is -2.31. The van der Waals surface area contributed by atoms with Crippen molar-refractivity contribution in [2.45, 2.75) is 0 Å². The van der Waals surface area contributed by atoms with Crippen LogP contribution < -0.4 is 15.0 Å². The summed E-state index contributed by atoms with van der Waals surface area (Å²) in [4.78, 5) is 15.4. The number of carbonyl (C=O) groups excluding carboxylic acids is 1. The minimum Gasteiger partial charge on any atom is -0.497 e. The van der Waals surface area contributed by atoms with Crippen LogP contribution in [0.15, 0.2) is 30.3 Å². The third kappa shape index (κ3) is 4.82. The highest BCUT2D eigenvalue weighted by Crippen LogP contribution is 2.12. The molecule has 1 aromatic carbocycles. The number of amides is 1. The predicted octanol–water partition coefficient (Wildman–Crippen LogP) is -0.0602. The van der Waals surface area contributed by atoms with Gasteiger partial charge in [-0.15, -0.1) is 0 Å². The largest absolute Gasteiger partial charge is 0.497 e. The van der Waals surface area contributed by atoms with Crippen LogP contribution in [0.1, 0.15) is 5.56 Å². The molecule has 1 heterocycles. The van der Waals surface area contributed by atoms with Gasteiger partial charge in [-0.25, -0.2) is 0 Å². The second kappa shape index (κ2) is 7.91. The summed E-state index contributed by atoms with van der Waals surface area (Å²) < 4.78 is 5.09. The monoisotopic (exact) mass is 320 g/mol. The van der Waals surface area contributed by atoms with Crippen LogP contribution in [0, 0.1) is 0 Å². The predicted molar refractivity (Wildman–Crippen MR) is 91.0 cm³/mol. The maximum atomic E-state index is 11.9. The normalized spacial score (nSPS) is 15.8. The molecule has 1 aliphatic rings. The van der Waals surface area contributed by atoms with Crippen molar-refractivity contribution in [1.82, 2.24) is 10.2 Å². The first-order chi connectivity index (χ1) is 10.6. The third-order valence-electron chi connectivity index (χ3n) is 3.68. The van der Waals surface area contributed by atoms with Gasteiger partial charge in [0, 0.05) is 6.08 Å². The smallest absolute Gasteiger partial charge is 0.250 e. The van der Waals surface area contributed by atoms with E-state index in [2.05, 4.69) is 12.4 Å². The van der Waals surface area contributed by atoms with Gasteiger partial charge in [-0.2, -0.15) is 0 Å². The number of rotatable bonds is 3. The first-order valence-corrected chi connectivity index (χ1v) is 7.72. The zero-order valence-electron chi connectivity index (χ0n) is 13.0. The van der Waals surface area contributed by atoms with Gasteiger partial charge in [0.1, 0.15) is 5.75 Å². The Morgan fingerprint density at radius 1 is 1.32 bits per heavy atom. The number of thiocarbonyl (C=S) groups is 1. The van der Waals surface area contributed by atoms with Crippen molar-refractivity contribution in [2.75, 3.05) is 40.3 Å². The minimum atomic E-state index is -0.202. The molecule has 1 saturated heterocycles. The lowest BCUT2D eigenvalue weighted by atomic mass is 10.2. The lowest BCUT2D eigenvalue weighted by Crippen LogP contribution is -3.12. The van der Waals surface area contributed by atoms with Gasteiger partial charge in [-0.3, -0.25) is 10.1 Å². The van der Waals surface area contributed by atoms with Crippen LogP contribution in [0.5, 0.6) is 5.75 Å². The second-order valence-electron chi connectivity index (χ2n) is 5.35. The van der Waals surface area contributed by atoms with E-state index in [1.807, 2.05) is 29.2 Å². The second-order valence-corrected chi connectivity index (χ2v) is 5.73. The number of nitrogens with one attached hydrogen (secondary N) is 2. The average molecular weight is 320 g/mol. The molecule has 5 nitrogen and oxygen atoms in total. The van der Waals surface area contributed by atoms with Gasteiger partial charge in [-0.1, -0.05) is 12.1 Å². The average Bonchev–Trinajstić information content (AvgIpc) is 2.54. The number of piperazine rings is 1. The van der Waals surface area contributed by atoms with Crippen molar-refractivity contribution < 1.29 is 14.4 Å². The van der Waals surface area contributed by atoms with E-state index in [1.165, 1.54) is 11.0 Å². The van der Waals surface area contributed by atoms with Crippen LogP contribution in [-0.4, -0.2) is 56.3 Å². The highest BCUT2D eigenvalue weighted by molar-refractivity contribution is 7.80. The quantitative estimate of drug-likeness (QED) is 0.605. The molecule has 0 aliphatic carbocycles. The summed E-state index contributed by atoms with van der Waals surface area (Å²) in [5, 5.41) is 3.27. The Morgan fingerprint density at radius 3 is 2.55 bits per heavy atom. The van der Waals surface area contributed by atoms with E-state index >= 15 is 0 Å². The number of nitrogens with zero attached hydrogens (tertiary/aromatic N) is 1. The summed E-state index contributed by atoms with van der Waals surface area (Å²) in [6.07, 6.45) is 3.25. The summed E-state index contributed by atoms with van der Waals surface area (Å²) in [5.41, 5.74) is 0.935. The van der Waals surface area contributed by atoms with E-state index in [-0.39, 0.29) is 5.91 Å². The fourth-order valence-corrected chi connectivity index (χ4v) is 2.49. The maximum Gasteiger partial charge on any atom is 0.250 e. The van der Waals surface area contributed by atoms with Crippen LogP contribution in [0.3, 0.4) is 0 Å². The third-order valence-corrected chi connectivity index (χ3v) is 4.04. The summed E-state index contributed by atoms with van der Waals surface area (Å²) in [7, 11) is 3.79. The number of hydrogen-bond donors (Lipinski definition) is 2. The molecule has 1 fully saturated rings. The molecule has 0 bridgehead atoms. The zero-order chi connectivity index (χ0) is 15.9. The standard InChI is InChI=1S/C16H21N3O2S/c1-18-9-11-19(12-10-18)16(22)17-15(20)8-5-13-3-6-14(21-2)7-4-13/h3-8H,9-12H2,1-2H3,(H,17,20,22)/p+1/b8-5+. The van der Waals surface area contributed by atoms with E-state index in [1.54, 1.807) is 13.2 Å². The van der Waals surface area contributed by atoms with Gasteiger partial charge < -0.3 is 14.5 Å². The Kier molecular flexibility index (Phi) is 5.91. The molecule has 0 atom stereocenters. The van der Waals surface area contributed by atoms with Crippen molar-refractivity contribution in [3.8, 4) is 5.75 Å². The number of hydrogen-bond acceptors (Lipinski definition) is 3. The van der Waals surface area contributed by atoms with E-state index in [9.17, 15) is 4.79 Å². The van der Waals surface area contributed by atoms with Gasteiger partial charge in [0.25, 0.3) is 0 Å². The molecule has 0 aromatic heterocycles. The molecule has 0 radical (unpaired) electrons. The van der Waals surface area contributed by atoms with Gasteiger partial charge >= 0.3 is 0 Å². The van der Waals surface area contributed by atoms with E-state index in [4.69, 9.17) is 17.0 Å². The first-order valence-electron chi connectivity index (χ1n) is 7.32. The molecule has 6 heteroatoms. The van der Waals surface area contributed by atoms with Crippen LogP contribution in [0.4, 0.5) is 0 Å². The maximum absolute atomic E-state index is 11.9. The first kappa shape index (κ1) is 16.5. The number of ether oxygens (including phenoxy) is 1. The fourth-order valence-electron chi connectivity index (χ4n) is 2.20. The number of likely N-dealkylation sites (N-methyl/N-ethyl adjacent to an activating group) is 1. The molecule has 0 saturated carbocycles. The molecule has 118 valence electrons. The summed E-state index contributed by atoms with van der Waals surface area (Å²) in [6.45, 7) is 3.84. The Hall–Kier alpha value is -1.92. The Morgan fingerprint density at radius 2 is 1.95 bits per heavy atom. The number of carbonyl (C=O) groups is 1.